The van der Waals surface area contributed by atoms with Gasteiger partial charge in [-0.3, -0.25) is 39.9 Å². The molecule has 0 fully saturated rings. The van der Waals surface area contributed by atoms with Crippen molar-refractivity contribution in [2.45, 2.75) is 0 Å². The summed E-state index contributed by atoms with van der Waals surface area (Å²) in [7, 11) is 4.00. The second-order valence-electron chi connectivity index (χ2n) is 14.2. The van der Waals surface area contributed by atoms with E-state index in [9.17, 15) is 0 Å². The minimum Gasteiger partial charge on any atom is -0.573 e. The molecule has 0 saturated heterocycles. The molecule has 566 valence electrons. The van der Waals surface area contributed by atoms with Crippen LogP contribution in [0.25, 0.3) is 91.1 Å². The van der Waals surface area contributed by atoms with Crippen molar-refractivity contribution in [2.75, 3.05) is 28.4 Å². The summed E-state index contributed by atoms with van der Waals surface area (Å²) in [5.41, 5.74) is 12.7. The summed E-state index contributed by atoms with van der Waals surface area (Å²) in [6, 6.07) is 53.3. The number of rotatable bonds is 8. The zero-order valence-corrected chi connectivity index (χ0v) is 95.7. The van der Waals surface area contributed by atoms with Crippen molar-refractivity contribution in [2.24, 2.45) is 0 Å². The zero-order valence-electron chi connectivity index (χ0n) is 68.3. The van der Waals surface area contributed by atoms with Crippen molar-refractivity contribution in [1.82, 2.24) is 80.7 Å². The number of hydrogen-bond acceptors (Lipinski definition) is 32. The Balaban J connectivity index is -0.0000000356. The fourth-order valence-corrected chi connectivity index (χ4v) is 6.30. The Bertz CT molecular complexity index is 3420. The molecule has 0 aliphatic heterocycles. The van der Waals surface area contributed by atoms with Gasteiger partial charge >= 0.3 is 482 Å². The third-order valence-electron chi connectivity index (χ3n) is 9.57. The van der Waals surface area contributed by atoms with Crippen molar-refractivity contribution in [1.29, 1.82) is 84.2 Å². The molecular formula is C72H54Fe4K8N32O4. The van der Waals surface area contributed by atoms with Gasteiger partial charge in [-0.25, -0.2) is 0 Å². The molecule has 48 heteroatoms. The molecule has 0 aromatic carbocycles. The molecular weight excluding hydrogens is 1910 g/mol. The summed E-state index contributed by atoms with van der Waals surface area (Å²) < 4.78 is 0. The van der Waals surface area contributed by atoms with Crippen molar-refractivity contribution in [3.63, 3.8) is 0 Å². The monoisotopic (exact) mass is 1970 g/mol. The SMILES string of the molecule is CO.CO.CO.CO.[C-]#N.[C-]#N.[C-]#N.[C-]#N.[C-]#N.[C-]#N.[C-]#N.[C-]#N.[C-]#N.[C-]#N.[C-]#N.[C-]#N.[C-]#N.[C-]#N.[C-]#N.[C-]#N.[Fe+2].[Fe+2].[Fe+3].[Fe+3].[H+].[H+].[K+].[K+].[K+].[K+].[K+].[K+].[K+].[K+].c1ccc(-c2cc(-c3ccccn3)[n-]n2)nc1.c1ccc(-c2cc(-c3ccccn3)[n-]n2)nc1.c1ccc(-c2cc(-c3ccccn3)[n-]n2)nc1.c1ccc(-c2cc(-c3ccccn3)[n-]n2)nc1. The standard InChI is InChI=1S/4C13H9N4.16CN.4CH4O.4Fe.8K/c4*1-3-7-14-10(5-1)12-9-13(17-16-12)11-6-2-4-8-15-11;20*1-2;;;;;;;;;;;;/h4*1-9H;;;;;;;;;;;;;;;;;4*2H,1H3;;;;;;;;;;;;/q20*-1;;;;;2*+2;2*+3;8*+1/p+2. The average molecular weight is 1970 g/mol. The van der Waals surface area contributed by atoms with Gasteiger partial charge in [0.25, 0.3) is 0 Å². The summed E-state index contributed by atoms with van der Waals surface area (Å²) >= 11 is 0. The molecule has 12 aromatic rings. The molecule has 120 heavy (non-hydrogen) atoms. The van der Waals surface area contributed by atoms with E-state index in [4.69, 9.17) is 210 Å². The number of hydrogen-bond donors (Lipinski definition) is 4. The molecule has 0 amide bonds. The number of pyridine rings is 8. The number of nitrogens with zero attached hydrogens (tertiary/aromatic N) is 32. The number of aromatic nitrogens is 16. The Morgan fingerprint density at radius 3 is 0.383 bits per heavy atom. The van der Waals surface area contributed by atoms with E-state index in [1.165, 1.54) is 0 Å². The Morgan fingerprint density at radius 1 is 0.192 bits per heavy atom. The first-order chi connectivity index (χ1) is 53.7. The van der Waals surface area contributed by atoms with Crippen LogP contribution < -0.4 is 431 Å². The maximum absolute atomic E-state index is 7.00. The molecule has 0 aliphatic rings. The first-order valence-corrected chi connectivity index (χ1v) is 26.4. The van der Waals surface area contributed by atoms with Crippen LogP contribution in [0.1, 0.15) is 2.85 Å². The second-order valence-corrected chi connectivity index (χ2v) is 14.2. The predicted octanol–water partition coefficient (Wildman–Crippen LogP) is -15.1. The van der Waals surface area contributed by atoms with Crippen LogP contribution in [-0.4, -0.2) is 109 Å². The third kappa shape index (κ3) is 89.7. The zero-order chi connectivity index (χ0) is 86.0. The summed E-state index contributed by atoms with van der Waals surface area (Å²) in [6.45, 7) is 76.0. The number of aliphatic hydroxyl groups excluding tert-OH is 4. The van der Waals surface area contributed by atoms with Gasteiger partial charge in [-0.15, -0.1) is 0 Å². The van der Waals surface area contributed by atoms with Crippen molar-refractivity contribution < 1.29 is 503 Å². The van der Waals surface area contributed by atoms with Crippen LogP contribution in [0.5, 0.6) is 0 Å². The van der Waals surface area contributed by atoms with Crippen LogP contribution in [0.3, 0.4) is 0 Å². The molecule has 0 unspecified atom stereocenters. The average Bonchev–Trinajstić information content (AvgIpc) is 1.73. The van der Waals surface area contributed by atoms with E-state index < -0.39 is 0 Å². The van der Waals surface area contributed by atoms with Crippen LogP contribution in [0.15, 0.2) is 219 Å². The maximum atomic E-state index is 7.00. The van der Waals surface area contributed by atoms with Gasteiger partial charge in [0.15, 0.2) is 0 Å². The van der Waals surface area contributed by atoms with Gasteiger partial charge < -0.3 is 251 Å². The van der Waals surface area contributed by atoms with Gasteiger partial charge in [0.1, 0.15) is 0 Å². The Morgan fingerprint density at radius 2 is 0.292 bits per heavy atom. The van der Waals surface area contributed by atoms with E-state index >= 15 is 0 Å². The fourth-order valence-electron chi connectivity index (χ4n) is 6.30. The molecule has 2 radical (unpaired) electrons. The molecule has 12 rings (SSSR count). The van der Waals surface area contributed by atoms with Gasteiger partial charge in [0, 0.05) is 101 Å². The third-order valence-corrected chi connectivity index (χ3v) is 9.57. The Kier molecular flexibility index (Phi) is 247. The quantitative estimate of drug-likeness (QED) is 0.0810. The smallest absolute Gasteiger partial charge is 0.573 e. The molecule has 0 bridgehead atoms. The van der Waals surface area contributed by atoms with E-state index in [1.807, 2.05) is 170 Å². The van der Waals surface area contributed by atoms with Crippen LogP contribution >= 0.6 is 0 Å². The molecule has 0 spiro atoms. The second kappa shape index (κ2) is 163. The van der Waals surface area contributed by atoms with Gasteiger partial charge in [0.2, 0.25) is 0 Å². The van der Waals surface area contributed by atoms with Crippen LogP contribution in [0.2, 0.25) is 0 Å². The molecule has 0 aliphatic carbocycles. The summed E-state index contributed by atoms with van der Waals surface area (Å²) in [5, 5.41) is 161. The molecule has 0 saturated carbocycles. The van der Waals surface area contributed by atoms with Crippen LogP contribution in [-0.2, 0) is 68.3 Å². The van der Waals surface area contributed by atoms with E-state index in [-0.39, 0.29) is 482 Å². The van der Waals surface area contributed by atoms with Crippen molar-refractivity contribution in [3.05, 3.63) is 325 Å². The van der Waals surface area contributed by atoms with E-state index in [0.717, 1.165) is 120 Å². The molecule has 12 heterocycles. The van der Waals surface area contributed by atoms with E-state index in [0.29, 0.717) is 0 Å². The van der Waals surface area contributed by atoms with Gasteiger partial charge in [0.05, 0.1) is 45.6 Å². The molecule has 12 aromatic heterocycles. The number of aliphatic hydroxyl groups is 4. The largest absolute Gasteiger partial charge is 3.00 e. The molecule has 36 nitrogen and oxygen atoms in total. The minimum atomic E-state index is 0. The van der Waals surface area contributed by atoms with E-state index in [2.05, 4.69) is 80.7 Å². The normalized spacial score (nSPS) is 6.33. The maximum Gasteiger partial charge on any atom is 3.00 e. The Labute approximate surface area is 1090 Å². The van der Waals surface area contributed by atoms with Crippen LogP contribution in [0.4, 0.5) is 0 Å². The first kappa shape index (κ1) is 182. The summed E-state index contributed by atoms with van der Waals surface area (Å²) in [4.78, 5) is 33.9. The van der Waals surface area contributed by atoms with Gasteiger partial charge in [-0.2, -0.15) is 0 Å². The van der Waals surface area contributed by atoms with Gasteiger partial charge in [-0.05, 0) is 121 Å². The first-order valence-electron chi connectivity index (χ1n) is 26.4. The minimum absolute atomic E-state index is 0. The Hall–Kier alpha value is -3.11. The van der Waals surface area contributed by atoms with Crippen LogP contribution in [0, 0.1) is 189 Å². The molecule has 0 atom stereocenters. The van der Waals surface area contributed by atoms with E-state index in [1.54, 1.807) is 49.6 Å². The van der Waals surface area contributed by atoms with Crippen molar-refractivity contribution >= 4 is 0 Å². The molecule has 4 N–H and O–H groups in total. The summed E-state index contributed by atoms with van der Waals surface area (Å²) in [5.74, 6) is 0. The summed E-state index contributed by atoms with van der Waals surface area (Å²) in [6.07, 6.45) is 13.9. The van der Waals surface area contributed by atoms with Gasteiger partial charge in [-0.1, -0.05) is 71.3 Å². The topological polar surface area (TPSA) is 673 Å². The fraction of sp³-hybridized carbons (Fsp3) is 0.0556. The van der Waals surface area contributed by atoms with Crippen molar-refractivity contribution in [3.8, 4) is 91.1 Å². The predicted molar refractivity (Wildman–Crippen MR) is 370 cm³/mol.